The third kappa shape index (κ3) is 3.10. The number of tetrazole rings is 1. The first-order valence-electron chi connectivity index (χ1n) is 8.59. The standard InChI is InChI=1S/C18H16Cl2F2N6/c1-9-3-6-14(19)13(16(9)20)8-28-15-7-11(4-5-12(15)10(2)25-28)18(21,22)17-23-26-27-24-17/h3-7,9,16H,8H2,1-2H3,(H,23,24,26,27). The highest BCUT2D eigenvalue weighted by molar-refractivity contribution is 6.33. The number of nitrogens with one attached hydrogen (secondary N) is 1. The summed E-state index contributed by atoms with van der Waals surface area (Å²) in [7, 11) is 0. The van der Waals surface area contributed by atoms with Crippen molar-refractivity contribution in [3.05, 3.63) is 58.0 Å². The van der Waals surface area contributed by atoms with E-state index in [1.165, 1.54) is 12.1 Å². The molecule has 28 heavy (non-hydrogen) atoms. The molecule has 4 rings (SSSR count). The van der Waals surface area contributed by atoms with Gasteiger partial charge >= 0.3 is 5.92 Å². The van der Waals surface area contributed by atoms with Gasteiger partial charge in [-0.3, -0.25) is 4.68 Å². The van der Waals surface area contributed by atoms with Crippen LogP contribution in [0.15, 0.2) is 41.0 Å². The Bertz CT molecular complexity index is 1090. The minimum Gasteiger partial charge on any atom is -0.260 e. The topological polar surface area (TPSA) is 72.3 Å². The lowest BCUT2D eigenvalue weighted by Gasteiger charge is -2.23. The fraction of sp³-hybridized carbons (Fsp3) is 0.333. The first-order valence-corrected chi connectivity index (χ1v) is 9.40. The fourth-order valence-electron chi connectivity index (χ4n) is 3.29. The normalized spacial score (nSPS) is 20.4. The molecule has 0 amide bonds. The van der Waals surface area contributed by atoms with Crippen LogP contribution in [0.3, 0.4) is 0 Å². The maximum Gasteiger partial charge on any atom is 0.335 e. The van der Waals surface area contributed by atoms with E-state index >= 15 is 0 Å². The zero-order valence-electron chi connectivity index (χ0n) is 15.0. The van der Waals surface area contributed by atoms with Crippen LogP contribution in [0.2, 0.25) is 0 Å². The van der Waals surface area contributed by atoms with Crippen LogP contribution in [0.1, 0.15) is 24.0 Å². The minimum absolute atomic E-state index is 0.111. The maximum absolute atomic E-state index is 14.7. The van der Waals surface area contributed by atoms with Gasteiger partial charge in [-0.25, -0.2) is 0 Å². The van der Waals surface area contributed by atoms with Crippen LogP contribution in [0.25, 0.3) is 10.9 Å². The Labute approximate surface area is 169 Å². The Kier molecular flexibility index (Phi) is 4.71. The SMILES string of the molecule is Cc1nn(CC2=C(Cl)C=CC(C)C2Cl)c2cc(C(F)(F)c3nn[nH]n3)ccc12. The summed E-state index contributed by atoms with van der Waals surface area (Å²) in [6.07, 6.45) is 3.76. The molecule has 0 aliphatic heterocycles. The number of hydrogen-bond acceptors (Lipinski definition) is 4. The van der Waals surface area contributed by atoms with E-state index in [9.17, 15) is 8.78 Å². The molecular formula is C18H16Cl2F2N6. The van der Waals surface area contributed by atoms with Gasteiger partial charge in [-0.05, 0) is 35.8 Å². The molecular weight excluding hydrogens is 409 g/mol. The van der Waals surface area contributed by atoms with Gasteiger partial charge < -0.3 is 0 Å². The molecule has 1 aliphatic carbocycles. The predicted molar refractivity (Wildman–Crippen MR) is 102 cm³/mol. The summed E-state index contributed by atoms with van der Waals surface area (Å²) < 4.78 is 31.1. The number of benzene rings is 1. The summed E-state index contributed by atoms with van der Waals surface area (Å²) in [5, 5.41) is 17.7. The number of H-pyrrole nitrogens is 1. The number of rotatable bonds is 4. The number of nitrogens with zero attached hydrogens (tertiary/aromatic N) is 5. The zero-order chi connectivity index (χ0) is 20.1. The smallest absolute Gasteiger partial charge is 0.260 e. The summed E-state index contributed by atoms with van der Waals surface area (Å²) in [6, 6.07) is 4.36. The summed E-state index contributed by atoms with van der Waals surface area (Å²) in [6.45, 7) is 4.13. The molecule has 0 bridgehead atoms. The number of fused-ring (bicyclic) bond motifs is 1. The molecule has 3 aromatic rings. The molecule has 1 N–H and O–H groups in total. The van der Waals surface area contributed by atoms with E-state index in [0.717, 1.165) is 16.7 Å². The third-order valence-electron chi connectivity index (χ3n) is 4.89. The Morgan fingerprint density at radius 1 is 1.32 bits per heavy atom. The van der Waals surface area contributed by atoms with Crippen molar-refractivity contribution in [2.45, 2.75) is 31.7 Å². The summed E-state index contributed by atoms with van der Waals surface area (Å²) in [4.78, 5) is 0. The molecule has 0 saturated heterocycles. The molecule has 1 aromatic carbocycles. The van der Waals surface area contributed by atoms with E-state index in [4.69, 9.17) is 23.2 Å². The lowest BCUT2D eigenvalue weighted by molar-refractivity contribution is 0.0330. The second-order valence-corrected chi connectivity index (χ2v) is 7.66. The van der Waals surface area contributed by atoms with Gasteiger partial charge in [0.1, 0.15) is 0 Å². The van der Waals surface area contributed by atoms with E-state index in [-0.39, 0.29) is 16.9 Å². The van der Waals surface area contributed by atoms with Gasteiger partial charge in [-0.2, -0.15) is 19.1 Å². The van der Waals surface area contributed by atoms with E-state index < -0.39 is 11.7 Å². The van der Waals surface area contributed by atoms with E-state index in [1.807, 2.05) is 26.0 Å². The van der Waals surface area contributed by atoms with E-state index in [1.54, 1.807) is 10.7 Å². The van der Waals surface area contributed by atoms with Gasteiger partial charge in [0, 0.05) is 16.0 Å². The van der Waals surface area contributed by atoms with Crippen LogP contribution in [0.4, 0.5) is 8.78 Å². The molecule has 0 fully saturated rings. The average molecular weight is 425 g/mol. The van der Waals surface area contributed by atoms with Crippen LogP contribution in [-0.2, 0) is 12.5 Å². The number of allylic oxidation sites excluding steroid dienone is 4. The Morgan fingerprint density at radius 2 is 2.11 bits per heavy atom. The van der Waals surface area contributed by atoms with Crippen LogP contribution >= 0.6 is 23.2 Å². The van der Waals surface area contributed by atoms with Gasteiger partial charge in [0.15, 0.2) is 0 Å². The van der Waals surface area contributed by atoms with E-state index in [0.29, 0.717) is 17.1 Å². The molecule has 6 nitrogen and oxygen atoms in total. The number of halogens is 4. The number of aromatic amines is 1. The Hall–Kier alpha value is -2.32. The number of alkyl halides is 3. The third-order valence-corrected chi connectivity index (χ3v) is 5.92. The monoisotopic (exact) mass is 424 g/mol. The molecule has 0 saturated carbocycles. The lowest BCUT2D eigenvalue weighted by atomic mass is 9.95. The number of hydrogen-bond donors (Lipinski definition) is 1. The molecule has 2 unspecified atom stereocenters. The number of aromatic nitrogens is 6. The average Bonchev–Trinajstić information content (AvgIpc) is 3.31. The second-order valence-electron chi connectivity index (χ2n) is 6.78. The van der Waals surface area contributed by atoms with Gasteiger partial charge in [0.25, 0.3) is 0 Å². The first-order chi connectivity index (χ1) is 13.3. The second kappa shape index (κ2) is 6.93. The van der Waals surface area contributed by atoms with Crippen molar-refractivity contribution in [3.63, 3.8) is 0 Å². The van der Waals surface area contributed by atoms with Crippen molar-refractivity contribution in [2.75, 3.05) is 0 Å². The molecule has 0 spiro atoms. The van der Waals surface area contributed by atoms with Gasteiger partial charge in [-0.1, -0.05) is 36.7 Å². The van der Waals surface area contributed by atoms with Crippen molar-refractivity contribution in [2.24, 2.45) is 5.92 Å². The molecule has 2 heterocycles. The van der Waals surface area contributed by atoms with Crippen LogP contribution in [0, 0.1) is 12.8 Å². The molecule has 10 heteroatoms. The van der Waals surface area contributed by atoms with Gasteiger partial charge in [0.2, 0.25) is 5.82 Å². The largest absolute Gasteiger partial charge is 0.335 e. The first kappa shape index (κ1) is 19.0. The highest BCUT2D eigenvalue weighted by Crippen LogP contribution is 2.36. The van der Waals surface area contributed by atoms with Crippen LogP contribution in [0.5, 0.6) is 0 Å². The van der Waals surface area contributed by atoms with Gasteiger partial charge in [0.05, 0.1) is 23.1 Å². The van der Waals surface area contributed by atoms with Crippen molar-refractivity contribution < 1.29 is 8.78 Å². The van der Waals surface area contributed by atoms with Crippen LogP contribution in [-0.4, -0.2) is 35.8 Å². The highest BCUT2D eigenvalue weighted by Gasteiger charge is 2.39. The lowest BCUT2D eigenvalue weighted by Crippen LogP contribution is -2.21. The molecule has 1 aliphatic rings. The maximum atomic E-state index is 14.7. The minimum atomic E-state index is -3.39. The molecule has 0 radical (unpaired) electrons. The Balaban J connectivity index is 1.79. The van der Waals surface area contributed by atoms with Crippen molar-refractivity contribution in [3.8, 4) is 0 Å². The van der Waals surface area contributed by atoms with Crippen molar-refractivity contribution in [1.82, 2.24) is 30.4 Å². The number of aryl methyl sites for hydroxylation is 1. The zero-order valence-corrected chi connectivity index (χ0v) is 16.5. The van der Waals surface area contributed by atoms with Crippen molar-refractivity contribution in [1.29, 1.82) is 0 Å². The Morgan fingerprint density at radius 3 is 2.82 bits per heavy atom. The molecule has 146 valence electrons. The van der Waals surface area contributed by atoms with Crippen LogP contribution < -0.4 is 0 Å². The predicted octanol–water partition coefficient (Wildman–Crippen LogP) is 4.30. The molecule has 2 aromatic heterocycles. The van der Waals surface area contributed by atoms with E-state index in [2.05, 4.69) is 25.7 Å². The quantitative estimate of drug-likeness (QED) is 0.633. The summed E-state index contributed by atoms with van der Waals surface area (Å²) >= 11 is 12.9. The highest BCUT2D eigenvalue weighted by atomic mass is 35.5. The molecule has 2 atom stereocenters. The van der Waals surface area contributed by atoms with Crippen molar-refractivity contribution >= 4 is 34.1 Å². The van der Waals surface area contributed by atoms with Gasteiger partial charge in [-0.15, -0.1) is 21.8 Å². The summed E-state index contributed by atoms with van der Waals surface area (Å²) in [5.41, 5.74) is 1.84. The summed E-state index contributed by atoms with van der Waals surface area (Å²) in [5.74, 6) is -3.97. The fourth-order valence-corrected chi connectivity index (χ4v) is 3.87.